The molecule has 0 saturated carbocycles. The van der Waals surface area contributed by atoms with E-state index in [9.17, 15) is 9.59 Å². The molecule has 0 aromatic rings. The Bertz CT molecular complexity index is 139. The van der Waals surface area contributed by atoms with Crippen LogP contribution in [0.25, 0.3) is 0 Å². The van der Waals surface area contributed by atoms with Crippen molar-refractivity contribution in [2.24, 2.45) is 0 Å². The van der Waals surface area contributed by atoms with E-state index in [2.05, 4.69) is 0 Å². The molecule has 0 amide bonds. The molecule has 0 aromatic heterocycles. The highest BCUT2D eigenvalue weighted by atomic mass is 16.4. The summed E-state index contributed by atoms with van der Waals surface area (Å²) in [5.41, 5.74) is 0. The highest BCUT2D eigenvalue weighted by Crippen LogP contribution is 1.92. The summed E-state index contributed by atoms with van der Waals surface area (Å²) >= 11 is 0. The molecule has 4 N–H and O–H groups in total. The summed E-state index contributed by atoms with van der Waals surface area (Å²) in [5, 5.41) is 32.5. The summed E-state index contributed by atoms with van der Waals surface area (Å²) in [6.07, 6.45) is -4.53. The van der Waals surface area contributed by atoms with Crippen LogP contribution in [0.1, 0.15) is 0 Å². The third-order valence-corrected chi connectivity index (χ3v) is 0.805. The molecule has 0 fully saturated rings. The minimum Gasteiger partial charge on any atom is -0.479 e. The van der Waals surface area contributed by atoms with E-state index in [4.69, 9.17) is 20.4 Å². The zero-order valence-electron chi connectivity index (χ0n) is 5.21. The van der Waals surface area contributed by atoms with Gasteiger partial charge in [0.2, 0.25) is 0 Å². The topological polar surface area (TPSA) is 146 Å². The summed E-state index contributed by atoms with van der Waals surface area (Å²) in [5.74, 6) is -3.54. The predicted molar refractivity (Wildman–Crippen MR) is 29.4 cm³/mol. The van der Waals surface area contributed by atoms with Crippen molar-refractivity contribution in [3.63, 3.8) is 0 Å². The highest BCUT2D eigenvalue weighted by Gasteiger charge is 2.29. The van der Waals surface area contributed by atoms with Gasteiger partial charge in [-0.1, -0.05) is 0 Å². The van der Waals surface area contributed by atoms with Gasteiger partial charge in [-0.15, -0.1) is 0 Å². The quantitative estimate of drug-likeness (QED) is 0.359. The zero-order valence-corrected chi connectivity index (χ0v) is 5.21. The number of hydrogen-bond acceptors (Lipinski definition) is 4. The van der Waals surface area contributed by atoms with Crippen molar-refractivity contribution in [2.75, 3.05) is 0 Å². The van der Waals surface area contributed by atoms with Gasteiger partial charge in [-0.25, -0.2) is 9.59 Å². The van der Waals surface area contributed by atoms with Crippen molar-refractivity contribution < 1.29 is 30.0 Å². The maximum absolute atomic E-state index is 9.77. The van der Waals surface area contributed by atoms with Crippen LogP contribution in [0.4, 0.5) is 0 Å². The second-order valence-electron chi connectivity index (χ2n) is 1.57. The number of rotatable bonds is 3. The Morgan fingerprint density at radius 3 is 1.18 bits per heavy atom. The van der Waals surface area contributed by atoms with Crippen LogP contribution < -0.4 is 6.15 Å². The number of aliphatic hydroxyl groups excluding tert-OH is 2. The number of aliphatic hydroxyl groups is 2. The van der Waals surface area contributed by atoms with Gasteiger partial charge in [0.1, 0.15) is 0 Å². The molecule has 0 heterocycles. The van der Waals surface area contributed by atoms with Gasteiger partial charge in [0.25, 0.3) is 0 Å². The van der Waals surface area contributed by atoms with E-state index >= 15 is 0 Å². The highest BCUT2D eigenvalue weighted by molar-refractivity contribution is 5.82. The molecule has 7 heteroatoms. The molecule has 2 atom stereocenters. The third-order valence-electron chi connectivity index (χ3n) is 0.805. The Morgan fingerprint density at radius 1 is 0.909 bits per heavy atom. The average Bonchev–Trinajstić information content (AvgIpc) is 1.84. The number of carboxylic acid groups (broad SMARTS) is 2. The van der Waals surface area contributed by atoms with Gasteiger partial charge in [-0.2, -0.15) is 0 Å². The Balaban J connectivity index is 0. The summed E-state index contributed by atoms with van der Waals surface area (Å²) < 4.78 is 0. The first-order valence-electron chi connectivity index (χ1n) is 2.28. The smallest absolute Gasteiger partial charge is 0.335 e. The van der Waals surface area contributed by atoms with Crippen molar-refractivity contribution in [3.05, 3.63) is 0 Å². The Labute approximate surface area is 61.5 Å². The number of aliphatic carboxylic acids is 2. The van der Waals surface area contributed by atoms with Crippen LogP contribution in [0.15, 0.2) is 0 Å². The van der Waals surface area contributed by atoms with Crippen molar-refractivity contribution in [1.29, 1.82) is 0 Å². The summed E-state index contributed by atoms with van der Waals surface area (Å²) in [7, 11) is 0. The second kappa shape index (κ2) is 4.61. The fourth-order valence-corrected chi connectivity index (χ4v) is 0.270. The van der Waals surface area contributed by atoms with Crippen molar-refractivity contribution in [1.82, 2.24) is 6.15 Å². The molecule has 7 nitrogen and oxygen atoms in total. The van der Waals surface area contributed by atoms with Gasteiger partial charge in [0.05, 0.1) is 0 Å². The van der Waals surface area contributed by atoms with E-state index in [-0.39, 0.29) is 6.15 Å². The Hall–Kier alpha value is -1.18. The van der Waals surface area contributed by atoms with E-state index in [0.29, 0.717) is 0 Å². The fraction of sp³-hybridized carbons (Fsp3) is 0.500. The normalized spacial score (nSPS) is 14.4. The third kappa shape index (κ3) is 3.50. The number of carboxylic acids is 2. The largest absolute Gasteiger partial charge is 0.479 e. The first kappa shape index (κ1) is 12.5. The molecule has 0 aliphatic heterocycles. The van der Waals surface area contributed by atoms with Gasteiger partial charge >= 0.3 is 11.9 Å². The maximum Gasteiger partial charge on any atom is 0.335 e. The first-order chi connectivity index (χ1) is 4.46. The van der Waals surface area contributed by atoms with Gasteiger partial charge in [-0.3, -0.25) is 0 Å². The molecular weight excluding hydrogens is 158 g/mol. The molecule has 3 radical (unpaired) electrons. The molecule has 0 aromatic carbocycles. The van der Waals surface area contributed by atoms with Crippen molar-refractivity contribution in [2.45, 2.75) is 12.2 Å². The van der Waals surface area contributed by atoms with E-state index in [1.807, 2.05) is 0 Å². The van der Waals surface area contributed by atoms with Crippen LogP contribution in [0.5, 0.6) is 0 Å². The lowest BCUT2D eigenvalue weighted by Crippen LogP contribution is -2.39. The number of hydrogen-bond donors (Lipinski definition) is 4. The van der Waals surface area contributed by atoms with E-state index in [0.717, 1.165) is 0 Å². The Kier molecular flexibility index (Phi) is 5.23. The van der Waals surface area contributed by atoms with Crippen LogP contribution in [0.2, 0.25) is 0 Å². The average molecular weight is 164 g/mol. The standard InChI is InChI=1S/C4H6O6.N/c5-1(3(7)8)2(6)4(9)10;/h1-2,5-6H,(H,7,8)(H,9,10);. The molecule has 0 saturated heterocycles. The van der Waals surface area contributed by atoms with Crippen LogP contribution in [-0.4, -0.2) is 44.6 Å². The van der Waals surface area contributed by atoms with Crippen molar-refractivity contribution in [3.8, 4) is 0 Å². The van der Waals surface area contributed by atoms with Gasteiger partial charge in [0, 0.05) is 6.15 Å². The number of carbonyl (C=O) groups is 2. The lowest BCUT2D eigenvalue weighted by atomic mass is 10.2. The van der Waals surface area contributed by atoms with Gasteiger partial charge in [0.15, 0.2) is 12.2 Å². The molecule has 0 spiro atoms. The molecular formula is C4H6NO6. The van der Waals surface area contributed by atoms with Crippen LogP contribution >= 0.6 is 0 Å². The molecule has 2 unspecified atom stereocenters. The summed E-state index contributed by atoms with van der Waals surface area (Å²) in [4.78, 5) is 19.5. The fourth-order valence-electron chi connectivity index (χ4n) is 0.270. The van der Waals surface area contributed by atoms with Crippen LogP contribution in [-0.2, 0) is 9.59 Å². The molecule has 11 heavy (non-hydrogen) atoms. The van der Waals surface area contributed by atoms with Crippen LogP contribution in [0, 0.1) is 0 Å². The minimum atomic E-state index is -2.27. The van der Waals surface area contributed by atoms with Crippen molar-refractivity contribution >= 4 is 11.9 Å². The molecule has 63 valence electrons. The molecule has 0 aliphatic carbocycles. The first-order valence-corrected chi connectivity index (χ1v) is 2.28. The second-order valence-corrected chi connectivity index (χ2v) is 1.57. The van der Waals surface area contributed by atoms with Crippen LogP contribution in [0.3, 0.4) is 0 Å². The molecule has 0 rings (SSSR count). The van der Waals surface area contributed by atoms with E-state index in [1.54, 1.807) is 0 Å². The zero-order chi connectivity index (χ0) is 8.31. The molecule has 0 bridgehead atoms. The Morgan fingerprint density at radius 2 is 1.09 bits per heavy atom. The SMILES string of the molecule is O=C(O)C(O)C(O)C(=O)O.[N]. The van der Waals surface area contributed by atoms with E-state index < -0.39 is 24.1 Å². The number of nitrogens with zero attached hydrogens (tertiary/aromatic N) is 1. The lowest BCUT2D eigenvalue weighted by Gasteiger charge is -2.07. The maximum atomic E-state index is 9.77. The molecule has 0 aliphatic rings. The van der Waals surface area contributed by atoms with E-state index in [1.165, 1.54) is 0 Å². The van der Waals surface area contributed by atoms with Gasteiger partial charge < -0.3 is 20.4 Å². The predicted octanol–water partition coefficient (Wildman–Crippen LogP) is -2.60. The lowest BCUT2D eigenvalue weighted by molar-refractivity contribution is -0.165. The summed E-state index contributed by atoms with van der Waals surface area (Å²) in [6.45, 7) is 0. The van der Waals surface area contributed by atoms with Gasteiger partial charge in [-0.05, 0) is 0 Å². The monoisotopic (exact) mass is 164 g/mol. The minimum absolute atomic E-state index is 0. The summed E-state index contributed by atoms with van der Waals surface area (Å²) in [6, 6.07) is 0.